The van der Waals surface area contributed by atoms with E-state index in [1.165, 1.54) is 7.11 Å². The van der Waals surface area contributed by atoms with Crippen molar-refractivity contribution < 1.29 is 18.6 Å². The second-order valence-corrected chi connectivity index (χ2v) is 2.42. The molecule has 1 rings (SSSR count). The van der Waals surface area contributed by atoms with E-state index in [-0.39, 0.29) is 17.9 Å². The molecule has 72 valence electrons. The Balaban J connectivity index is 3.39. The number of aromatic hydroxyl groups is 1. The molecule has 0 spiro atoms. The summed E-state index contributed by atoms with van der Waals surface area (Å²) in [6.07, 6.45) is 0. The SMILES string of the molecule is COc1c(CN)cc(F)c(O)c1F. The predicted octanol–water partition coefficient (Wildman–Crippen LogP) is 1.14. The Morgan fingerprint density at radius 3 is 2.62 bits per heavy atom. The molecule has 3 N–H and O–H groups in total. The molecule has 0 amide bonds. The van der Waals surface area contributed by atoms with Gasteiger partial charge in [0.25, 0.3) is 0 Å². The van der Waals surface area contributed by atoms with Crippen LogP contribution in [0.1, 0.15) is 5.56 Å². The van der Waals surface area contributed by atoms with Gasteiger partial charge in [0.15, 0.2) is 17.3 Å². The van der Waals surface area contributed by atoms with Gasteiger partial charge in [0.1, 0.15) is 0 Å². The highest BCUT2D eigenvalue weighted by Gasteiger charge is 2.17. The van der Waals surface area contributed by atoms with Crippen molar-refractivity contribution in [2.75, 3.05) is 7.11 Å². The summed E-state index contributed by atoms with van der Waals surface area (Å²) in [5, 5.41) is 8.87. The van der Waals surface area contributed by atoms with Gasteiger partial charge < -0.3 is 15.6 Å². The molecule has 0 radical (unpaired) electrons. The number of phenolic OH excluding ortho intramolecular Hbond substituents is 1. The van der Waals surface area contributed by atoms with Crippen LogP contribution in [-0.2, 0) is 6.54 Å². The maximum atomic E-state index is 13.0. The Morgan fingerprint density at radius 1 is 1.54 bits per heavy atom. The van der Waals surface area contributed by atoms with Gasteiger partial charge in [-0.3, -0.25) is 0 Å². The van der Waals surface area contributed by atoms with Crippen molar-refractivity contribution in [3.05, 3.63) is 23.3 Å². The number of nitrogens with two attached hydrogens (primary N) is 1. The van der Waals surface area contributed by atoms with E-state index in [0.29, 0.717) is 0 Å². The summed E-state index contributed by atoms with van der Waals surface area (Å²) < 4.78 is 30.4. The van der Waals surface area contributed by atoms with Gasteiger partial charge >= 0.3 is 0 Å². The van der Waals surface area contributed by atoms with Gasteiger partial charge in [-0.05, 0) is 6.07 Å². The van der Waals surface area contributed by atoms with Crippen LogP contribution in [0.15, 0.2) is 6.07 Å². The summed E-state index contributed by atoms with van der Waals surface area (Å²) in [7, 11) is 1.22. The Kier molecular flexibility index (Phi) is 2.67. The maximum absolute atomic E-state index is 13.0. The molecule has 0 fully saturated rings. The topological polar surface area (TPSA) is 55.5 Å². The van der Waals surface area contributed by atoms with E-state index in [4.69, 9.17) is 10.8 Å². The molecule has 0 aromatic heterocycles. The lowest BCUT2D eigenvalue weighted by Crippen LogP contribution is -2.03. The van der Waals surface area contributed by atoms with E-state index in [1.54, 1.807) is 0 Å². The molecular formula is C8H9F2NO2. The molecule has 0 aliphatic heterocycles. The third-order valence-electron chi connectivity index (χ3n) is 1.65. The van der Waals surface area contributed by atoms with Gasteiger partial charge in [0.2, 0.25) is 5.82 Å². The van der Waals surface area contributed by atoms with Crippen molar-refractivity contribution in [1.29, 1.82) is 0 Å². The van der Waals surface area contributed by atoms with Gasteiger partial charge in [-0.2, -0.15) is 4.39 Å². The van der Waals surface area contributed by atoms with E-state index < -0.39 is 17.4 Å². The van der Waals surface area contributed by atoms with E-state index >= 15 is 0 Å². The lowest BCUT2D eigenvalue weighted by molar-refractivity contribution is 0.346. The molecule has 3 nitrogen and oxygen atoms in total. The van der Waals surface area contributed by atoms with Gasteiger partial charge in [-0.1, -0.05) is 0 Å². The summed E-state index contributed by atoms with van der Waals surface area (Å²) in [6, 6.07) is 0.942. The van der Waals surface area contributed by atoms with Crippen LogP contribution in [0.5, 0.6) is 11.5 Å². The van der Waals surface area contributed by atoms with Crippen molar-refractivity contribution in [1.82, 2.24) is 0 Å². The smallest absolute Gasteiger partial charge is 0.209 e. The second kappa shape index (κ2) is 3.57. The fraction of sp³-hybridized carbons (Fsp3) is 0.250. The highest BCUT2D eigenvalue weighted by Crippen LogP contribution is 2.31. The number of hydrogen-bond acceptors (Lipinski definition) is 3. The summed E-state index contributed by atoms with van der Waals surface area (Å²) >= 11 is 0. The first-order chi connectivity index (χ1) is 6.11. The van der Waals surface area contributed by atoms with Crippen molar-refractivity contribution in [2.24, 2.45) is 5.73 Å². The van der Waals surface area contributed by atoms with E-state index in [9.17, 15) is 8.78 Å². The predicted molar refractivity (Wildman–Crippen MR) is 42.5 cm³/mol. The van der Waals surface area contributed by atoms with Crippen LogP contribution in [0, 0.1) is 11.6 Å². The monoisotopic (exact) mass is 189 g/mol. The van der Waals surface area contributed by atoms with Gasteiger partial charge in [-0.25, -0.2) is 4.39 Å². The van der Waals surface area contributed by atoms with Crippen LogP contribution in [0.3, 0.4) is 0 Å². The van der Waals surface area contributed by atoms with Crippen LogP contribution in [-0.4, -0.2) is 12.2 Å². The number of phenols is 1. The molecule has 1 aromatic rings. The van der Waals surface area contributed by atoms with Crippen molar-refractivity contribution in [2.45, 2.75) is 6.54 Å². The number of benzene rings is 1. The first-order valence-electron chi connectivity index (χ1n) is 3.55. The fourth-order valence-electron chi connectivity index (χ4n) is 1.01. The fourth-order valence-corrected chi connectivity index (χ4v) is 1.01. The summed E-state index contributed by atoms with van der Waals surface area (Å²) in [5.74, 6) is -3.43. The number of methoxy groups -OCH3 is 1. The lowest BCUT2D eigenvalue weighted by atomic mass is 10.1. The standard InChI is InChI=1S/C8H9F2NO2/c1-13-8-4(3-11)2-5(9)7(12)6(8)10/h2,12H,3,11H2,1H3. The molecular weight excluding hydrogens is 180 g/mol. The van der Waals surface area contributed by atoms with Gasteiger partial charge in [-0.15, -0.1) is 0 Å². The number of hydrogen-bond donors (Lipinski definition) is 2. The zero-order chi connectivity index (χ0) is 10.0. The quantitative estimate of drug-likeness (QED) is 0.733. The molecule has 5 heteroatoms. The maximum Gasteiger partial charge on any atom is 0.209 e. The average molecular weight is 189 g/mol. The number of ether oxygens (including phenoxy) is 1. The minimum Gasteiger partial charge on any atom is -0.503 e. The molecule has 1 aromatic carbocycles. The second-order valence-electron chi connectivity index (χ2n) is 2.42. The first-order valence-corrected chi connectivity index (χ1v) is 3.55. The number of rotatable bonds is 2. The molecule has 0 saturated heterocycles. The summed E-state index contributed by atoms with van der Waals surface area (Å²) in [5.41, 5.74) is 5.40. The van der Waals surface area contributed by atoms with Crippen LogP contribution in [0.25, 0.3) is 0 Å². The molecule has 0 aliphatic rings. The molecule has 0 heterocycles. The lowest BCUT2D eigenvalue weighted by Gasteiger charge is -2.09. The summed E-state index contributed by atoms with van der Waals surface area (Å²) in [6.45, 7) is -0.0582. The van der Waals surface area contributed by atoms with Crippen molar-refractivity contribution in [3.63, 3.8) is 0 Å². The van der Waals surface area contributed by atoms with Gasteiger partial charge in [0, 0.05) is 12.1 Å². The van der Waals surface area contributed by atoms with Crippen molar-refractivity contribution >= 4 is 0 Å². The minimum atomic E-state index is -1.12. The van der Waals surface area contributed by atoms with Crippen LogP contribution in [0.4, 0.5) is 8.78 Å². The molecule has 0 aliphatic carbocycles. The largest absolute Gasteiger partial charge is 0.503 e. The Hall–Kier alpha value is -1.36. The third kappa shape index (κ3) is 1.55. The zero-order valence-electron chi connectivity index (χ0n) is 6.97. The van der Waals surface area contributed by atoms with Crippen LogP contribution >= 0.6 is 0 Å². The molecule has 0 unspecified atom stereocenters. The average Bonchev–Trinajstić information content (AvgIpc) is 2.13. The zero-order valence-corrected chi connectivity index (χ0v) is 6.97. The van der Waals surface area contributed by atoms with E-state index in [2.05, 4.69) is 4.74 Å². The van der Waals surface area contributed by atoms with Gasteiger partial charge in [0.05, 0.1) is 7.11 Å². The Bertz CT molecular complexity index is 328. The van der Waals surface area contributed by atoms with Crippen LogP contribution < -0.4 is 10.5 Å². The molecule has 13 heavy (non-hydrogen) atoms. The van der Waals surface area contributed by atoms with Crippen LogP contribution in [0.2, 0.25) is 0 Å². The highest BCUT2D eigenvalue weighted by atomic mass is 19.1. The third-order valence-corrected chi connectivity index (χ3v) is 1.65. The number of halogens is 2. The minimum absolute atomic E-state index is 0.0582. The molecule has 0 bridgehead atoms. The Labute approximate surface area is 73.7 Å². The summed E-state index contributed by atoms with van der Waals surface area (Å²) in [4.78, 5) is 0. The highest BCUT2D eigenvalue weighted by molar-refractivity contribution is 5.42. The normalized spacial score (nSPS) is 10.2. The Morgan fingerprint density at radius 2 is 2.15 bits per heavy atom. The van der Waals surface area contributed by atoms with Crippen molar-refractivity contribution in [3.8, 4) is 11.5 Å². The first kappa shape index (κ1) is 9.73. The molecule has 0 saturated carbocycles. The van der Waals surface area contributed by atoms with E-state index in [0.717, 1.165) is 6.07 Å². The molecule has 0 atom stereocenters. The van der Waals surface area contributed by atoms with E-state index in [1.807, 2.05) is 0 Å².